The number of aliphatic carboxylic acids is 1. The van der Waals surface area contributed by atoms with E-state index in [1.54, 1.807) is 6.07 Å². The number of carboxylic acid groups (broad SMARTS) is 1. The smallest absolute Gasteiger partial charge is 0.326 e. The number of aliphatic hydroxyl groups excluding tert-OH is 1. The van der Waals surface area contributed by atoms with Gasteiger partial charge in [0.15, 0.2) is 0 Å². The first-order valence-corrected chi connectivity index (χ1v) is 18.7. The maximum Gasteiger partial charge on any atom is 0.326 e. The van der Waals surface area contributed by atoms with Crippen molar-refractivity contribution in [2.75, 3.05) is 38.5 Å². The van der Waals surface area contributed by atoms with Crippen LogP contribution in [0.4, 0.5) is 0 Å². The van der Waals surface area contributed by atoms with E-state index < -0.39 is 27.8 Å². The number of thioether (sulfide) groups is 1. The maximum absolute atomic E-state index is 13.4. The lowest BCUT2D eigenvalue weighted by molar-refractivity contribution is -0.139. The van der Waals surface area contributed by atoms with Crippen molar-refractivity contribution in [1.29, 1.82) is 0 Å². The molecule has 9 nitrogen and oxygen atoms in total. The minimum Gasteiger partial charge on any atom is -0.492 e. The summed E-state index contributed by atoms with van der Waals surface area (Å²) < 4.78 is 29.4. The number of nitrogens with zero attached hydrogens (tertiary/aromatic N) is 1. The van der Waals surface area contributed by atoms with E-state index in [9.17, 15) is 23.1 Å². The molecule has 1 aliphatic rings. The molecule has 3 atom stereocenters. The molecule has 0 radical (unpaired) electrons. The summed E-state index contributed by atoms with van der Waals surface area (Å²) in [5.41, 5.74) is 3.93. The van der Waals surface area contributed by atoms with Gasteiger partial charge in [-0.25, -0.2) is 13.2 Å². The molecule has 1 fully saturated rings. The van der Waals surface area contributed by atoms with E-state index in [4.69, 9.17) is 9.84 Å². The molecule has 2 unspecified atom stereocenters. The van der Waals surface area contributed by atoms with Crippen LogP contribution in [0.5, 0.6) is 5.75 Å². The predicted molar refractivity (Wildman–Crippen MR) is 187 cm³/mol. The molecule has 1 saturated heterocycles. The molecule has 1 heterocycles. The molecule has 0 saturated carbocycles. The number of para-hydroxylation sites is 1. The Labute approximate surface area is 278 Å². The fourth-order valence-corrected chi connectivity index (χ4v) is 6.65. The molecule has 3 aromatic rings. The molecule has 0 aliphatic carbocycles. The third-order valence-electron chi connectivity index (χ3n) is 7.54. The van der Waals surface area contributed by atoms with Crippen LogP contribution in [-0.2, 0) is 21.2 Å². The van der Waals surface area contributed by atoms with Crippen LogP contribution in [0.2, 0.25) is 0 Å². The van der Waals surface area contributed by atoms with Gasteiger partial charge in [0, 0.05) is 43.3 Å². The lowest BCUT2D eigenvalue weighted by atomic mass is 9.93. The van der Waals surface area contributed by atoms with Gasteiger partial charge in [0.1, 0.15) is 28.2 Å². The summed E-state index contributed by atoms with van der Waals surface area (Å²) in [6.07, 6.45) is 3.98. The first-order valence-electron chi connectivity index (χ1n) is 15.3. The molecule has 1 aliphatic heterocycles. The standard InChI is InChI=1S/C32H38N2O6S2.C2H6.CH4O/c1-22-9-7-8-12-27(22)29-17-23(13-14-28(29)31(35)33-30(32(36)37)15-16-42(3,38)39)19-34-20-26(41-2)18-24(34)21-40-25-10-5-4-6-11-25;2*1-2/h4-14,17,24,26,30H,15-16,18-21H2,1-3H3,(H,33,35)(H,36,37);1-2H3;2H,1H3/t24-,26?,30?;;/m0../s1. The highest BCUT2D eigenvalue weighted by atomic mass is 32.2. The number of hydrogen-bond acceptors (Lipinski definition) is 8. The summed E-state index contributed by atoms with van der Waals surface area (Å²) in [6, 6.07) is 22.1. The van der Waals surface area contributed by atoms with Crippen molar-refractivity contribution in [1.82, 2.24) is 10.2 Å². The van der Waals surface area contributed by atoms with Crippen molar-refractivity contribution in [3.05, 3.63) is 89.5 Å². The Balaban J connectivity index is 0.00000177. The lowest BCUT2D eigenvalue weighted by Crippen LogP contribution is -2.42. The largest absolute Gasteiger partial charge is 0.492 e. The number of rotatable bonds is 13. The van der Waals surface area contributed by atoms with Crippen molar-refractivity contribution >= 4 is 33.5 Å². The summed E-state index contributed by atoms with van der Waals surface area (Å²) in [4.78, 5) is 27.7. The first-order chi connectivity index (χ1) is 22.0. The second kappa shape index (κ2) is 19.3. The lowest BCUT2D eigenvalue weighted by Gasteiger charge is -2.25. The second-order valence-corrected chi connectivity index (χ2v) is 14.2. The molecule has 0 aromatic heterocycles. The quantitative estimate of drug-likeness (QED) is 0.221. The van der Waals surface area contributed by atoms with Crippen LogP contribution in [-0.4, -0.2) is 91.3 Å². The van der Waals surface area contributed by atoms with Gasteiger partial charge in [-0.1, -0.05) is 62.4 Å². The third-order valence-corrected chi connectivity index (χ3v) is 9.52. The number of carbonyl (C=O) groups excluding carboxylic acids is 1. The summed E-state index contributed by atoms with van der Waals surface area (Å²) in [5.74, 6) is -1.32. The molecule has 1 amide bonds. The highest BCUT2D eigenvalue weighted by molar-refractivity contribution is 7.99. The van der Waals surface area contributed by atoms with E-state index in [2.05, 4.69) is 16.5 Å². The van der Waals surface area contributed by atoms with Crippen LogP contribution in [0.25, 0.3) is 11.1 Å². The number of nitrogens with one attached hydrogen (secondary N) is 1. The highest BCUT2D eigenvalue weighted by Crippen LogP contribution is 2.32. The number of carbonyl (C=O) groups is 2. The van der Waals surface area contributed by atoms with E-state index in [0.29, 0.717) is 29.5 Å². The molecule has 3 N–H and O–H groups in total. The summed E-state index contributed by atoms with van der Waals surface area (Å²) >= 11 is 1.86. The van der Waals surface area contributed by atoms with E-state index >= 15 is 0 Å². The number of amides is 1. The van der Waals surface area contributed by atoms with Gasteiger partial charge in [-0.2, -0.15) is 11.8 Å². The molecule has 0 spiro atoms. The van der Waals surface area contributed by atoms with Gasteiger partial charge in [-0.15, -0.1) is 0 Å². The number of aliphatic hydroxyl groups is 1. The zero-order valence-corrected chi connectivity index (χ0v) is 29.2. The van der Waals surface area contributed by atoms with Gasteiger partial charge < -0.3 is 20.3 Å². The Bertz CT molecular complexity index is 1500. The number of hydrogen-bond donors (Lipinski definition) is 3. The fraction of sp³-hybridized carbons (Fsp3) is 0.429. The van der Waals surface area contributed by atoms with Crippen LogP contribution in [0.15, 0.2) is 72.8 Å². The van der Waals surface area contributed by atoms with E-state index in [0.717, 1.165) is 48.8 Å². The molecule has 11 heteroatoms. The third kappa shape index (κ3) is 11.8. The van der Waals surface area contributed by atoms with Crippen molar-refractivity contribution in [2.24, 2.45) is 0 Å². The van der Waals surface area contributed by atoms with Crippen LogP contribution >= 0.6 is 11.8 Å². The molecule has 3 aromatic carbocycles. The van der Waals surface area contributed by atoms with Crippen LogP contribution < -0.4 is 10.1 Å². The average molecular weight is 673 g/mol. The molecule has 4 rings (SSSR count). The molecule has 46 heavy (non-hydrogen) atoms. The van der Waals surface area contributed by atoms with E-state index in [-0.39, 0.29) is 18.2 Å². The fourth-order valence-electron chi connectivity index (χ4n) is 5.23. The maximum atomic E-state index is 13.4. The normalized spacial score (nSPS) is 16.7. The Hall–Kier alpha value is -3.38. The van der Waals surface area contributed by atoms with Crippen LogP contribution in [0.1, 0.15) is 48.2 Å². The van der Waals surface area contributed by atoms with Gasteiger partial charge >= 0.3 is 5.97 Å². The summed E-state index contributed by atoms with van der Waals surface area (Å²) in [7, 11) is -2.39. The van der Waals surface area contributed by atoms with Gasteiger partial charge in [-0.3, -0.25) is 9.69 Å². The number of carboxylic acids is 1. The van der Waals surface area contributed by atoms with Gasteiger partial charge in [0.25, 0.3) is 5.91 Å². The molecular weight excluding hydrogens is 625 g/mol. The zero-order chi connectivity index (χ0) is 34.3. The van der Waals surface area contributed by atoms with E-state index in [1.165, 1.54) is 0 Å². The minimum absolute atomic E-state index is 0.213. The van der Waals surface area contributed by atoms with Crippen molar-refractivity contribution in [3.63, 3.8) is 0 Å². The number of likely N-dealkylation sites (tertiary alicyclic amines) is 1. The topological polar surface area (TPSA) is 133 Å². The zero-order valence-electron chi connectivity index (χ0n) is 27.6. The summed E-state index contributed by atoms with van der Waals surface area (Å²) in [5, 5.41) is 19.7. The SMILES string of the molecule is CC.CO.CSC1C[C@@H](COc2ccccc2)N(Cc2ccc(C(=O)NC(CCS(C)(=O)=O)C(=O)O)c(-c3ccccc3C)c2)C1. The van der Waals surface area contributed by atoms with Gasteiger partial charge in [-0.05, 0) is 72.5 Å². The Morgan fingerprint density at radius 1 is 1.02 bits per heavy atom. The number of aryl methyl sites for hydroxylation is 1. The molecular formula is C35H48N2O7S2. The monoisotopic (exact) mass is 672 g/mol. The van der Waals surface area contributed by atoms with Crippen molar-refractivity contribution < 1.29 is 33.0 Å². The van der Waals surface area contributed by atoms with Crippen LogP contribution in [0.3, 0.4) is 0 Å². The van der Waals surface area contributed by atoms with E-state index in [1.807, 2.05) is 99.3 Å². The molecule has 252 valence electrons. The van der Waals surface area contributed by atoms with Crippen molar-refractivity contribution in [3.8, 4) is 16.9 Å². The Morgan fingerprint density at radius 2 is 1.67 bits per heavy atom. The number of benzene rings is 3. The Kier molecular flexibility index (Phi) is 16.3. The predicted octanol–water partition coefficient (Wildman–Crippen LogP) is 5.30. The second-order valence-electron chi connectivity index (χ2n) is 10.8. The minimum atomic E-state index is -3.39. The van der Waals surface area contributed by atoms with Crippen LogP contribution in [0, 0.1) is 6.92 Å². The Morgan fingerprint density at radius 3 is 2.28 bits per heavy atom. The van der Waals surface area contributed by atoms with Crippen molar-refractivity contribution in [2.45, 2.75) is 57.5 Å². The highest BCUT2D eigenvalue weighted by Gasteiger charge is 2.32. The van der Waals surface area contributed by atoms with Gasteiger partial charge in [0.2, 0.25) is 0 Å². The number of sulfone groups is 1. The first kappa shape index (κ1) is 38.8. The average Bonchev–Trinajstić information content (AvgIpc) is 3.45. The van der Waals surface area contributed by atoms with Gasteiger partial charge in [0.05, 0.1) is 5.75 Å². The number of ether oxygens (including phenoxy) is 1. The molecule has 0 bridgehead atoms. The summed E-state index contributed by atoms with van der Waals surface area (Å²) in [6.45, 7) is 8.14.